The molecule has 0 bridgehead atoms. The van der Waals surface area contributed by atoms with Crippen LogP contribution >= 0.6 is 0 Å². The molecule has 0 atom stereocenters. The van der Waals surface area contributed by atoms with E-state index in [2.05, 4.69) is 0 Å². The number of nitrogens with one attached hydrogen (secondary N) is 1. The molecule has 2 aromatic rings. The summed E-state index contributed by atoms with van der Waals surface area (Å²) in [5, 5.41) is 9.36. The maximum Gasteiger partial charge on any atom is 0.331 e. The van der Waals surface area contributed by atoms with Crippen molar-refractivity contribution in [2.45, 2.75) is 6.54 Å². The molecule has 2 N–H and O–H groups in total. The molecule has 0 radical (unpaired) electrons. The first-order chi connectivity index (χ1) is 8.49. The highest BCUT2D eigenvalue weighted by Crippen LogP contribution is 2.11. The van der Waals surface area contributed by atoms with Crippen LogP contribution in [0.5, 0.6) is 5.88 Å². The number of H-pyrrole nitrogens is 1. The van der Waals surface area contributed by atoms with Crippen LogP contribution in [0.25, 0.3) is 0 Å². The van der Waals surface area contributed by atoms with Crippen molar-refractivity contribution >= 4 is 0 Å². The molecule has 5 nitrogen and oxygen atoms in total. The van der Waals surface area contributed by atoms with Gasteiger partial charge < -0.3 is 5.11 Å². The average molecular weight is 254 g/mol. The Morgan fingerprint density at radius 1 is 1.28 bits per heavy atom. The highest BCUT2D eigenvalue weighted by Gasteiger charge is 2.13. The summed E-state index contributed by atoms with van der Waals surface area (Å²) in [7, 11) is 0. The first-order valence-electron chi connectivity index (χ1n) is 4.95. The van der Waals surface area contributed by atoms with Crippen LogP contribution in [0.4, 0.5) is 8.78 Å². The summed E-state index contributed by atoms with van der Waals surface area (Å²) in [5.41, 5.74) is -1.92. The molecular formula is C11H8F2N2O3. The second kappa shape index (κ2) is 4.44. The fourth-order valence-corrected chi connectivity index (χ4v) is 1.50. The van der Waals surface area contributed by atoms with Crippen LogP contribution in [0.1, 0.15) is 5.56 Å². The molecule has 0 aliphatic heterocycles. The van der Waals surface area contributed by atoms with E-state index < -0.39 is 28.8 Å². The van der Waals surface area contributed by atoms with Crippen molar-refractivity contribution in [3.8, 4) is 5.88 Å². The normalized spacial score (nSPS) is 10.6. The van der Waals surface area contributed by atoms with Gasteiger partial charge in [-0.1, -0.05) is 12.1 Å². The summed E-state index contributed by atoms with van der Waals surface area (Å²) < 4.78 is 26.7. The number of aromatic hydroxyl groups is 1. The highest BCUT2D eigenvalue weighted by molar-refractivity contribution is 5.19. The maximum absolute atomic E-state index is 13.1. The standard InChI is InChI=1S/C11H8F2N2O3/c12-7-3-1-2-6(4-7)5-15-10(17)8(13)9(16)14-11(15)18/h1-4,17H,5H2,(H,14,16,18). The lowest BCUT2D eigenvalue weighted by molar-refractivity contribution is 0.367. The van der Waals surface area contributed by atoms with Crippen LogP contribution in [0.2, 0.25) is 0 Å². The van der Waals surface area contributed by atoms with Gasteiger partial charge in [0.15, 0.2) is 0 Å². The third-order valence-corrected chi connectivity index (χ3v) is 2.35. The lowest BCUT2D eigenvalue weighted by atomic mass is 10.2. The van der Waals surface area contributed by atoms with Crippen LogP contribution in [0.3, 0.4) is 0 Å². The molecule has 0 aliphatic rings. The van der Waals surface area contributed by atoms with Crippen LogP contribution in [0, 0.1) is 11.6 Å². The van der Waals surface area contributed by atoms with Gasteiger partial charge in [0.2, 0.25) is 11.7 Å². The van der Waals surface area contributed by atoms with Crippen molar-refractivity contribution in [3.63, 3.8) is 0 Å². The SMILES string of the molecule is O=c1[nH]c(=O)n(Cc2cccc(F)c2)c(O)c1F. The van der Waals surface area contributed by atoms with E-state index in [-0.39, 0.29) is 6.54 Å². The number of rotatable bonds is 2. The number of halogens is 2. The number of hydrogen-bond donors (Lipinski definition) is 2. The molecule has 0 saturated carbocycles. The van der Waals surface area contributed by atoms with Crippen molar-refractivity contribution in [2.75, 3.05) is 0 Å². The smallest absolute Gasteiger partial charge is 0.331 e. The van der Waals surface area contributed by atoms with E-state index in [1.807, 2.05) is 0 Å². The van der Waals surface area contributed by atoms with Crippen molar-refractivity contribution in [3.05, 3.63) is 62.3 Å². The largest absolute Gasteiger partial charge is 0.492 e. The topological polar surface area (TPSA) is 75.1 Å². The minimum Gasteiger partial charge on any atom is -0.492 e. The molecule has 0 saturated heterocycles. The van der Waals surface area contributed by atoms with Gasteiger partial charge in [0, 0.05) is 0 Å². The lowest BCUT2D eigenvalue weighted by Crippen LogP contribution is -2.32. The molecule has 1 aromatic heterocycles. The van der Waals surface area contributed by atoms with Crippen LogP contribution in [0.15, 0.2) is 33.9 Å². The van der Waals surface area contributed by atoms with Gasteiger partial charge in [0.05, 0.1) is 6.54 Å². The predicted octanol–water partition coefficient (Wildman–Crippen LogP) is 0.569. The minimum atomic E-state index is -1.45. The summed E-state index contributed by atoms with van der Waals surface area (Å²) in [6.07, 6.45) is 0. The zero-order valence-corrected chi connectivity index (χ0v) is 8.98. The summed E-state index contributed by atoms with van der Waals surface area (Å²) in [4.78, 5) is 24.0. The Bertz CT molecular complexity index is 706. The summed E-state index contributed by atoms with van der Waals surface area (Å²) >= 11 is 0. The number of nitrogens with zero attached hydrogens (tertiary/aromatic N) is 1. The molecule has 7 heteroatoms. The van der Waals surface area contributed by atoms with Gasteiger partial charge in [-0.2, -0.15) is 4.39 Å². The number of aromatic amines is 1. The Balaban J connectivity index is 2.50. The Morgan fingerprint density at radius 3 is 2.67 bits per heavy atom. The van der Waals surface area contributed by atoms with Gasteiger partial charge in [0.1, 0.15) is 5.82 Å². The van der Waals surface area contributed by atoms with E-state index in [0.29, 0.717) is 10.1 Å². The van der Waals surface area contributed by atoms with Crippen LogP contribution in [-0.2, 0) is 6.54 Å². The van der Waals surface area contributed by atoms with Crippen molar-refractivity contribution in [1.82, 2.24) is 9.55 Å². The van der Waals surface area contributed by atoms with Gasteiger partial charge in [-0.3, -0.25) is 14.3 Å². The molecule has 0 amide bonds. The number of hydrogen-bond acceptors (Lipinski definition) is 3. The summed E-state index contributed by atoms with van der Waals surface area (Å²) in [6, 6.07) is 5.25. The van der Waals surface area contributed by atoms with E-state index in [0.717, 1.165) is 6.07 Å². The molecule has 0 unspecified atom stereocenters. The van der Waals surface area contributed by atoms with Gasteiger partial charge in [-0.05, 0) is 17.7 Å². The van der Waals surface area contributed by atoms with E-state index in [9.17, 15) is 23.5 Å². The predicted molar refractivity (Wildman–Crippen MR) is 58.4 cm³/mol. The molecule has 18 heavy (non-hydrogen) atoms. The quantitative estimate of drug-likeness (QED) is 0.822. The third-order valence-electron chi connectivity index (χ3n) is 2.35. The van der Waals surface area contributed by atoms with Gasteiger partial charge in [-0.15, -0.1) is 0 Å². The maximum atomic E-state index is 13.1. The van der Waals surface area contributed by atoms with E-state index in [1.54, 1.807) is 4.98 Å². The average Bonchev–Trinajstić information content (AvgIpc) is 2.32. The number of aromatic nitrogens is 2. The van der Waals surface area contributed by atoms with Gasteiger partial charge in [-0.25, -0.2) is 9.18 Å². The first-order valence-corrected chi connectivity index (χ1v) is 4.95. The van der Waals surface area contributed by atoms with Gasteiger partial charge in [0.25, 0.3) is 5.56 Å². The van der Waals surface area contributed by atoms with E-state index >= 15 is 0 Å². The van der Waals surface area contributed by atoms with E-state index in [1.165, 1.54) is 18.2 Å². The molecule has 1 heterocycles. The molecular weight excluding hydrogens is 246 g/mol. The Morgan fingerprint density at radius 2 is 2.00 bits per heavy atom. The fraction of sp³-hybridized carbons (Fsp3) is 0.0909. The molecule has 0 spiro atoms. The first kappa shape index (κ1) is 12.0. The third kappa shape index (κ3) is 2.15. The Hall–Kier alpha value is -2.44. The summed E-state index contributed by atoms with van der Waals surface area (Å²) in [5.74, 6) is -3.05. The number of benzene rings is 1. The fourth-order valence-electron chi connectivity index (χ4n) is 1.50. The zero-order chi connectivity index (χ0) is 13.3. The van der Waals surface area contributed by atoms with Crippen LogP contribution < -0.4 is 11.2 Å². The van der Waals surface area contributed by atoms with Crippen molar-refractivity contribution < 1.29 is 13.9 Å². The summed E-state index contributed by atoms with van der Waals surface area (Å²) in [6.45, 7) is -0.254. The minimum absolute atomic E-state index is 0.254. The van der Waals surface area contributed by atoms with Crippen molar-refractivity contribution in [2.24, 2.45) is 0 Å². The van der Waals surface area contributed by atoms with Crippen LogP contribution in [-0.4, -0.2) is 14.7 Å². The lowest BCUT2D eigenvalue weighted by Gasteiger charge is -2.08. The molecule has 1 aromatic carbocycles. The van der Waals surface area contributed by atoms with E-state index in [4.69, 9.17) is 0 Å². The Labute approximate surface area is 99.0 Å². The zero-order valence-electron chi connectivity index (χ0n) is 8.98. The second-order valence-electron chi connectivity index (χ2n) is 3.61. The Kier molecular flexibility index (Phi) is 2.97. The highest BCUT2D eigenvalue weighted by atomic mass is 19.1. The van der Waals surface area contributed by atoms with Gasteiger partial charge >= 0.3 is 5.69 Å². The molecule has 2 rings (SSSR count). The monoisotopic (exact) mass is 254 g/mol. The second-order valence-corrected chi connectivity index (χ2v) is 3.61. The van der Waals surface area contributed by atoms with Crippen molar-refractivity contribution in [1.29, 1.82) is 0 Å². The molecule has 94 valence electrons. The molecule has 0 fully saturated rings. The molecule has 0 aliphatic carbocycles.